The molecule has 1 N–H and O–H groups in total. The van der Waals surface area contributed by atoms with Crippen molar-refractivity contribution < 1.29 is 4.92 Å². The van der Waals surface area contributed by atoms with Gasteiger partial charge in [-0.1, -0.05) is 0 Å². The summed E-state index contributed by atoms with van der Waals surface area (Å²) in [7, 11) is 4.01. The lowest BCUT2D eigenvalue weighted by Crippen LogP contribution is -2.23. The third-order valence-corrected chi connectivity index (χ3v) is 2.74. The van der Waals surface area contributed by atoms with Crippen molar-refractivity contribution >= 4 is 11.4 Å². The fourth-order valence-corrected chi connectivity index (χ4v) is 1.68. The second kappa shape index (κ2) is 6.71. The monoisotopic (exact) mass is 262 g/mol. The van der Waals surface area contributed by atoms with Crippen LogP contribution < -0.4 is 5.32 Å². The topological polar surface area (TPSA) is 82.2 Å². The third kappa shape index (κ3) is 4.56. The number of nitro groups is 1. The molecular formula is C13H18N4O2. The minimum Gasteiger partial charge on any atom is -0.382 e. The Bertz CT molecular complexity index is 494. The van der Waals surface area contributed by atoms with E-state index in [-0.39, 0.29) is 17.3 Å². The van der Waals surface area contributed by atoms with Crippen molar-refractivity contribution in [2.75, 3.05) is 26.0 Å². The largest absolute Gasteiger partial charge is 0.382 e. The van der Waals surface area contributed by atoms with E-state index in [4.69, 9.17) is 5.26 Å². The number of hydrogen-bond donors (Lipinski definition) is 1. The average Bonchev–Trinajstić information content (AvgIpc) is 2.35. The first-order valence-corrected chi connectivity index (χ1v) is 6.04. The van der Waals surface area contributed by atoms with Crippen LogP contribution in [0.2, 0.25) is 0 Å². The molecule has 0 radical (unpaired) electrons. The Kier molecular flexibility index (Phi) is 5.27. The second-order valence-corrected chi connectivity index (χ2v) is 4.74. The van der Waals surface area contributed by atoms with Crippen LogP contribution >= 0.6 is 0 Å². The van der Waals surface area contributed by atoms with E-state index in [1.54, 1.807) is 6.07 Å². The minimum absolute atomic E-state index is 0.0785. The van der Waals surface area contributed by atoms with Crippen molar-refractivity contribution in [2.24, 2.45) is 0 Å². The van der Waals surface area contributed by atoms with Gasteiger partial charge in [0.05, 0.1) is 4.92 Å². The van der Waals surface area contributed by atoms with Crippen LogP contribution in [0.15, 0.2) is 18.2 Å². The molecule has 0 aromatic heterocycles. The van der Waals surface area contributed by atoms with E-state index in [0.29, 0.717) is 0 Å². The Hall–Kier alpha value is -2.13. The van der Waals surface area contributed by atoms with Crippen molar-refractivity contribution in [3.05, 3.63) is 33.9 Å². The van der Waals surface area contributed by atoms with Crippen LogP contribution in [0.1, 0.15) is 18.9 Å². The van der Waals surface area contributed by atoms with Gasteiger partial charge in [0.1, 0.15) is 11.6 Å². The van der Waals surface area contributed by atoms with Gasteiger partial charge in [-0.3, -0.25) is 10.1 Å². The van der Waals surface area contributed by atoms with Crippen LogP contribution in [-0.4, -0.2) is 36.5 Å². The predicted octanol–water partition coefficient (Wildman–Crippen LogP) is 2.22. The molecule has 6 nitrogen and oxygen atoms in total. The Balaban J connectivity index is 2.75. The zero-order chi connectivity index (χ0) is 14.4. The molecule has 1 aromatic rings. The number of nitrogens with one attached hydrogen (secondary N) is 1. The molecule has 102 valence electrons. The maximum absolute atomic E-state index is 10.7. The molecule has 0 spiro atoms. The number of nitrogens with zero attached hydrogens (tertiary/aromatic N) is 3. The Morgan fingerprint density at radius 3 is 2.74 bits per heavy atom. The molecule has 1 unspecified atom stereocenters. The molecule has 6 heteroatoms. The molecule has 1 atom stereocenters. The SMILES string of the molecule is CC(CCN(C)C)Nc1ccc([N+](=O)[O-])c(C#N)c1. The fraction of sp³-hybridized carbons (Fsp3) is 0.462. The third-order valence-electron chi connectivity index (χ3n) is 2.74. The quantitative estimate of drug-likeness (QED) is 0.628. The van der Waals surface area contributed by atoms with Crippen molar-refractivity contribution in [1.29, 1.82) is 5.26 Å². The van der Waals surface area contributed by atoms with Gasteiger partial charge in [0, 0.05) is 17.8 Å². The molecule has 0 aliphatic carbocycles. The summed E-state index contributed by atoms with van der Waals surface area (Å²) in [4.78, 5) is 12.3. The van der Waals surface area contributed by atoms with Gasteiger partial charge in [-0.15, -0.1) is 0 Å². The van der Waals surface area contributed by atoms with Crippen LogP contribution in [-0.2, 0) is 0 Å². The van der Waals surface area contributed by atoms with Crippen molar-refractivity contribution in [2.45, 2.75) is 19.4 Å². The lowest BCUT2D eigenvalue weighted by atomic mass is 10.1. The highest BCUT2D eigenvalue weighted by atomic mass is 16.6. The Morgan fingerprint density at radius 1 is 1.53 bits per heavy atom. The van der Waals surface area contributed by atoms with E-state index in [1.165, 1.54) is 12.1 Å². The Labute approximate surface area is 112 Å². The van der Waals surface area contributed by atoms with Gasteiger partial charge in [0.25, 0.3) is 5.69 Å². The Morgan fingerprint density at radius 2 is 2.21 bits per heavy atom. The zero-order valence-electron chi connectivity index (χ0n) is 11.4. The summed E-state index contributed by atoms with van der Waals surface area (Å²) in [6, 6.07) is 6.59. The fourth-order valence-electron chi connectivity index (χ4n) is 1.68. The highest BCUT2D eigenvalue weighted by Crippen LogP contribution is 2.22. The summed E-state index contributed by atoms with van der Waals surface area (Å²) >= 11 is 0. The molecule has 1 rings (SSSR count). The van der Waals surface area contributed by atoms with Gasteiger partial charge in [-0.05, 0) is 46.1 Å². The number of rotatable bonds is 6. The van der Waals surface area contributed by atoms with Crippen molar-refractivity contribution in [3.8, 4) is 6.07 Å². The summed E-state index contributed by atoms with van der Waals surface area (Å²) in [5.74, 6) is 0. The van der Waals surface area contributed by atoms with E-state index in [1.807, 2.05) is 27.1 Å². The number of anilines is 1. The lowest BCUT2D eigenvalue weighted by Gasteiger charge is -2.17. The standard InChI is InChI=1S/C13H18N4O2/c1-10(6-7-16(2)3)15-12-4-5-13(17(18)19)11(8-12)9-14/h4-5,8,10,15H,6-7H2,1-3H3. The van der Waals surface area contributed by atoms with Gasteiger partial charge in [0.2, 0.25) is 0 Å². The van der Waals surface area contributed by atoms with E-state index in [2.05, 4.69) is 10.2 Å². The van der Waals surface area contributed by atoms with Crippen LogP contribution in [0.25, 0.3) is 0 Å². The van der Waals surface area contributed by atoms with Crippen molar-refractivity contribution in [1.82, 2.24) is 4.90 Å². The lowest BCUT2D eigenvalue weighted by molar-refractivity contribution is -0.385. The summed E-state index contributed by atoms with van der Waals surface area (Å²) in [6.45, 7) is 2.99. The minimum atomic E-state index is -0.544. The average molecular weight is 262 g/mol. The molecule has 0 heterocycles. The van der Waals surface area contributed by atoms with Gasteiger partial charge in [-0.2, -0.15) is 5.26 Å². The molecule has 0 aliphatic heterocycles. The molecule has 0 fully saturated rings. The molecule has 19 heavy (non-hydrogen) atoms. The summed E-state index contributed by atoms with van der Waals surface area (Å²) < 4.78 is 0. The molecular weight excluding hydrogens is 244 g/mol. The molecule has 0 amide bonds. The van der Waals surface area contributed by atoms with Crippen LogP contribution in [0.5, 0.6) is 0 Å². The summed E-state index contributed by atoms with van der Waals surface area (Å²) in [5, 5.41) is 22.9. The molecule has 0 saturated carbocycles. The van der Waals surface area contributed by atoms with E-state index in [9.17, 15) is 10.1 Å². The number of nitro benzene ring substituents is 1. The molecule has 1 aromatic carbocycles. The van der Waals surface area contributed by atoms with Gasteiger partial charge in [-0.25, -0.2) is 0 Å². The van der Waals surface area contributed by atoms with Crippen LogP contribution in [0.4, 0.5) is 11.4 Å². The first-order chi connectivity index (χ1) is 8.93. The highest BCUT2D eigenvalue weighted by molar-refractivity contribution is 5.58. The van der Waals surface area contributed by atoms with E-state index in [0.717, 1.165) is 18.7 Å². The normalized spacial score (nSPS) is 11.9. The van der Waals surface area contributed by atoms with Gasteiger partial charge >= 0.3 is 0 Å². The van der Waals surface area contributed by atoms with E-state index >= 15 is 0 Å². The first-order valence-electron chi connectivity index (χ1n) is 6.04. The zero-order valence-corrected chi connectivity index (χ0v) is 11.4. The number of nitriles is 1. The summed E-state index contributed by atoms with van der Waals surface area (Å²) in [6.07, 6.45) is 0.950. The molecule has 0 aliphatic rings. The maximum Gasteiger partial charge on any atom is 0.287 e. The van der Waals surface area contributed by atoms with Crippen LogP contribution in [0.3, 0.4) is 0 Å². The maximum atomic E-state index is 10.7. The van der Waals surface area contributed by atoms with Gasteiger partial charge in [0.15, 0.2) is 0 Å². The number of hydrogen-bond acceptors (Lipinski definition) is 5. The predicted molar refractivity (Wildman–Crippen MR) is 74.1 cm³/mol. The molecule has 0 bridgehead atoms. The second-order valence-electron chi connectivity index (χ2n) is 4.74. The molecule has 0 saturated heterocycles. The number of benzene rings is 1. The highest BCUT2D eigenvalue weighted by Gasteiger charge is 2.14. The smallest absolute Gasteiger partial charge is 0.287 e. The van der Waals surface area contributed by atoms with E-state index < -0.39 is 4.92 Å². The summed E-state index contributed by atoms with van der Waals surface area (Å²) in [5.41, 5.74) is 0.650. The van der Waals surface area contributed by atoms with Gasteiger partial charge < -0.3 is 10.2 Å². The van der Waals surface area contributed by atoms with Crippen LogP contribution in [0, 0.1) is 21.4 Å². The first kappa shape index (κ1) is 14.9. The van der Waals surface area contributed by atoms with Crippen molar-refractivity contribution in [3.63, 3.8) is 0 Å².